The zero-order valence-electron chi connectivity index (χ0n) is 10.9. The van der Waals surface area contributed by atoms with Crippen LogP contribution in [0, 0.1) is 12.7 Å². The Labute approximate surface area is 110 Å². The van der Waals surface area contributed by atoms with Crippen molar-refractivity contribution < 1.29 is 9.13 Å². The minimum absolute atomic E-state index is 0.107. The van der Waals surface area contributed by atoms with Crippen LogP contribution in [0.15, 0.2) is 24.5 Å². The van der Waals surface area contributed by atoms with E-state index in [1.54, 1.807) is 25.3 Å². The number of nitrogens with one attached hydrogen (secondary N) is 1. The van der Waals surface area contributed by atoms with E-state index >= 15 is 0 Å². The molecule has 2 aromatic rings. The normalized spacial score (nSPS) is 10.3. The summed E-state index contributed by atoms with van der Waals surface area (Å²) in [6.07, 6.45) is 3.66. The quantitative estimate of drug-likeness (QED) is 0.897. The SMILES string of the molecule is CCCNc1ncc(F)c(Oc2cccnc2C)n1. The number of ether oxygens (including phenoxy) is 1. The molecule has 0 spiro atoms. The molecule has 5 nitrogen and oxygen atoms in total. The second-order valence-electron chi connectivity index (χ2n) is 3.96. The summed E-state index contributed by atoms with van der Waals surface area (Å²) in [5, 5.41) is 2.98. The molecule has 1 N–H and O–H groups in total. The fraction of sp³-hybridized carbons (Fsp3) is 0.308. The average molecular weight is 262 g/mol. The number of rotatable bonds is 5. The highest BCUT2D eigenvalue weighted by Crippen LogP contribution is 2.24. The first kappa shape index (κ1) is 13.2. The molecular weight excluding hydrogens is 247 g/mol. The van der Waals surface area contributed by atoms with Crippen LogP contribution >= 0.6 is 0 Å². The van der Waals surface area contributed by atoms with Crippen LogP contribution in [0.2, 0.25) is 0 Å². The van der Waals surface area contributed by atoms with Crippen LogP contribution in [0.5, 0.6) is 11.6 Å². The summed E-state index contributed by atoms with van der Waals surface area (Å²) in [7, 11) is 0. The third kappa shape index (κ3) is 3.37. The third-order valence-corrected chi connectivity index (χ3v) is 2.41. The fourth-order valence-electron chi connectivity index (χ4n) is 1.43. The number of halogens is 1. The molecule has 0 atom stereocenters. The molecule has 0 saturated carbocycles. The van der Waals surface area contributed by atoms with Gasteiger partial charge in [-0.05, 0) is 25.5 Å². The highest BCUT2D eigenvalue weighted by atomic mass is 19.1. The molecule has 0 unspecified atom stereocenters. The minimum atomic E-state index is -0.606. The van der Waals surface area contributed by atoms with Crippen molar-refractivity contribution in [3.63, 3.8) is 0 Å². The van der Waals surface area contributed by atoms with Crippen LogP contribution < -0.4 is 10.1 Å². The number of pyridine rings is 1. The monoisotopic (exact) mass is 262 g/mol. The van der Waals surface area contributed by atoms with Crippen molar-refractivity contribution >= 4 is 5.95 Å². The van der Waals surface area contributed by atoms with E-state index in [9.17, 15) is 4.39 Å². The molecular formula is C13H15FN4O. The second-order valence-corrected chi connectivity index (χ2v) is 3.96. The maximum atomic E-state index is 13.6. The molecule has 0 aromatic carbocycles. The summed E-state index contributed by atoms with van der Waals surface area (Å²) in [5.41, 5.74) is 0.670. The minimum Gasteiger partial charge on any atom is -0.434 e. The Morgan fingerprint density at radius 1 is 1.37 bits per heavy atom. The molecule has 0 aliphatic heterocycles. The zero-order chi connectivity index (χ0) is 13.7. The summed E-state index contributed by atoms with van der Waals surface area (Å²) in [4.78, 5) is 11.9. The van der Waals surface area contributed by atoms with Crippen LogP contribution in [-0.4, -0.2) is 21.5 Å². The molecule has 2 aromatic heterocycles. The van der Waals surface area contributed by atoms with Crippen molar-refractivity contribution in [3.8, 4) is 11.6 Å². The smallest absolute Gasteiger partial charge is 0.260 e. The molecule has 2 rings (SSSR count). The Morgan fingerprint density at radius 2 is 2.21 bits per heavy atom. The van der Waals surface area contributed by atoms with E-state index in [4.69, 9.17) is 4.74 Å². The van der Waals surface area contributed by atoms with Crippen LogP contribution in [-0.2, 0) is 0 Å². The van der Waals surface area contributed by atoms with E-state index in [1.807, 2.05) is 6.92 Å². The van der Waals surface area contributed by atoms with Gasteiger partial charge >= 0.3 is 0 Å². The van der Waals surface area contributed by atoms with Crippen LogP contribution in [0.4, 0.5) is 10.3 Å². The highest BCUT2D eigenvalue weighted by Gasteiger charge is 2.10. The van der Waals surface area contributed by atoms with Crippen molar-refractivity contribution in [1.29, 1.82) is 0 Å². The molecule has 0 aliphatic rings. The first-order valence-electron chi connectivity index (χ1n) is 6.06. The fourth-order valence-corrected chi connectivity index (χ4v) is 1.43. The Balaban J connectivity index is 2.21. The molecule has 6 heteroatoms. The van der Waals surface area contributed by atoms with E-state index in [0.29, 0.717) is 17.4 Å². The lowest BCUT2D eigenvalue weighted by Gasteiger charge is -2.09. The Kier molecular flexibility index (Phi) is 4.22. The van der Waals surface area contributed by atoms with Crippen LogP contribution in [0.1, 0.15) is 19.0 Å². The number of nitrogens with zero attached hydrogens (tertiary/aromatic N) is 3. The number of anilines is 1. The van der Waals surface area contributed by atoms with Crippen LogP contribution in [0.3, 0.4) is 0 Å². The van der Waals surface area contributed by atoms with Gasteiger partial charge in [-0.3, -0.25) is 4.98 Å². The Morgan fingerprint density at radius 3 is 2.95 bits per heavy atom. The molecule has 0 aliphatic carbocycles. The van der Waals surface area contributed by atoms with Gasteiger partial charge in [-0.2, -0.15) is 9.37 Å². The van der Waals surface area contributed by atoms with E-state index < -0.39 is 5.82 Å². The lowest BCUT2D eigenvalue weighted by atomic mass is 10.3. The molecule has 0 fully saturated rings. The van der Waals surface area contributed by atoms with Crippen molar-refractivity contribution in [2.75, 3.05) is 11.9 Å². The van der Waals surface area contributed by atoms with Gasteiger partial charge in [0.1, 0.15) is 0 Å². The lowest BCUT2D eigenvalue weighted by Crippen LogP contribution is -2.06. The summed E-state index contributed by atoms with van der Waals surface area (Å²) < 4.78 is 19.0. The largest absolute Gasteiger partial charge is 0.434 e. The maximum absolute atomic E-state index is 13.6. The van der Waals surface area contributed by atoms with E-state index in [1.165, 1.54) is 0 Å². The summed E-state index contributed by atoms with van der Waals surface area (Å²) in [6, 6.07) is 3.43. The topological polar surface area (TPSA) is 59.9 Å². The number of hydrogen-bond donors (Lipinski definition) is 1. The van der Waals surface area contributed by atoms with Gasteiger partial charge < -0.3 is 10.1 Å². The Bertz CT molecular complexity index is 562. The second kappa shape index (κ2) is 6.08. The maximum Gasteiger partial charge on any atom is 0.260 e. The zero-order valence-corrected chi connectivity index (χ0v) is 10.9. The van der Waals surface area contributed by atoms with Gasteiger partial charge in [-0.15, -0.1) is 0 Å². The third-order valence-electron chi connectivity index (χ3n) is 2.41. The van der Waals surface area contributed by atoms with Crippen LogP contribution in [0.25, 0.3) is 0 Å². The average Bonchev–Trinajstić information content (AvgIpc) is 2.42. The van der Waals surface area contributed by atoms with Crippen molar-refractivity contribution in [1.82, 2.24) is 15.0 Å². The number of aryl methyl sites for hydroxylation is 1. The number of aromatic nitrogens is 3. The highest BCUT2D eigenvalue weighted by molar-refractivity contribution is 5.33. The van der Waals surface area contributed by atoms with E-state index in [2.05, 4.69) is 20.3 Å². The molecule has 2 heterocycles. The predicted octanol–water partition coefficient (Wildman–Crippen LogP) is 2.93. The van der Waals surface area contributed by atoms with E-state index in [-0.39, 0.29) is 5.88 Å². The molecule has 100 valence electrons. The van der Waals surface area contributed by atoms with Crippen molar-refractivity contribution in [3.05, 3.63) is 36.0 Å². The standard InChI is InChI=1S/C13H15FN4O/c1-3-6-16-13-17-8-10(14)12(18-13)19-11-5-4-7-15-9(11)2/h4-5,7-8H,3,6H2,1-2H3,(H,16,17,18). The molecule has 0 radical (unpaired) electrons. The van der Waals surface area contributed by atoms with Crippen molar-refractivity contribution in [2.45, 2.75) is 20.3 Å². The predicted molar refractivity (Wildman–Crippen MR) is 69.8 cm³/mol. The van der Waals surface area contributed by atoms with Gasteiger partial charge in [0.15, 0.2) is 5.75 Å². The molecule has 19 heavy (non-hydrogen) atoms. The first-order valence-corrected chi connectivity index (χ1v) is 6.06. The van der Waals surface area contributed by atoms with Gasteiger partial charge in [0.25, 0.3) is 5.88 Å². The summed E-state index contributed by atoms with van der Waals surface area (Å²) >= 11 is 0. The van der Waals surface area contributed by atoms with Crippen molar-refractivity contribution in [2.24, 2.45) is 0 Å². The van der Waals surface area contributed by atoms with Gasteiger partial charge in [-0.1, -0.05) is 6.92 Å². The summed E-state index contributed by atoms with van der Waals surface area (Å²) in [5.74, 6) is 0.108. The van der Waals surface area contributed by atoms with Gasteiger partial charge in [0.05, 0.1) is 11.9 Å². The summed E-state index contributed by atoms with van der Waals surface area (Å²) in [6.45, 7) is 4.52. The molecule has 0 bridgehead atoms. The number of hydrogen-bond acceptors (Lipinski definition) is 5. The first-order chi connectivity index (χ1) is 9.20. The molecule has 0 amide bonds. The van der Waals surface area contributed by atoms with E-state index in [0.717, 1.165) is 19.2 Å². The lowest BCUT2D eigenvalue weighted by molar-refractivity contribution is 0.416. The Hall–Kier alpha value is -2.24. The van der Waals surface area contributed by atoms with Gasteiger partial charge in [0, 0.05) is 12.7 Å². The molecule has 0 saturated heterocycles. The van der Waals surface area contributed by atoms with Gasteiger partial charge in [-0.25, -0.2) is 4.98 Å². The van der Waals surface area contributed by atoms with Gasteiger partial charge in [0.2, 0.25) is 11.8 Å².